The molecular formula is C47H89O11PSi. The van der Waals surface area contributed by atoms with Crippen LogP contribution in [0.2, 0.25) is 18.1 Å². The fourth-order valence-corrected chi connectivity index (χ4v) is 9.10. The van der Waals surface area contributed by atoms with Gasteiger partial charge in [-0.25, -0.2) is 4.57 Å². The topological polar surface area (TPSA) is 128 Å². The van der Waals surface area contributed by atoms with Crippen LogP contribution < -0.4 is 0 Å². The summed E-state index contributed by atoms with van der Waals surface area (Å²) in [6.45, 7) is 22.3. The van der Waals surface area contributed by atoms with Gasteiger partial charge in [-0.2, -0.15) is 0 Å². The van der Waals surface area contributed by atoms with Gasteiger partial charge >= 0.3 is 13.8 Å². The second-order valence-electron chi connectivity index (χ2n) is 17.8. The van der Waals surface area contributed by atoms with E-state index < -0.39 is 52.8 Å². The van der Waals surface area contributed by atoms with Crippen molar-refractivity contribution in [2.24, 2.45) is 0 Å². The number of unbranched alkanes of at least 4 members (excludes halogenated alkanes) is 15. The first-order valence-electron chi connectivity index (χ1n) is 23.4. The average Bonchev–Trinajstić information content (AvgIpc) is 3.20. The molecule has 1 fully saturated rings. The summed E-state index contributed by atoms with van der Waals surface area (Å²) in [6, 6.07) is 0. The van der Waals surface area contributed by atoms with Crippen LogP contribution >= 0.6 is 7.82 Å². The number of hydrogen-bond donors (Lipinski definition) is 1. The average molecular weight is 889 g/mol. The van der Waals surface area contributed by atoms with Crippen LogP contribution in [0.25, 0.3) is 0 Å². The zero-order valence-electron chi connectivity index (χ0n) is 39.3. The lowest BCUT2D eigenvalue weighted by atomic mass is 9.98. The van der Waals surface area contributed by atoms with Crippen molar-refractivity contribution < 1.29 is 51.4 Å². The largest absolute Gasteiger partial charge is 0.475 e. The molecule has 0 spiro atoms. The van der Waals surface area contributed by atoms with Crippen LogP contribution in [0.5, 0.6) is 0 Å². The minimum atomic E-state index is -4.30. The smallest absolute Gasteiger partial charge is 0.454 e. The van der Waals surface area contributed by atoms with E-state index in [0.29, 0.717) is 12.8 Å². The summed E-state index contributed by atoms with van der Waals surface area (Å²) >= 11 is 0. The highest BCUT2D eigenvalue weighted by Crippen LogP contribution is 2.53. The number of allylic oxidation sites excluding steroid dienone is 2. The Kier molecular flexibility index (Phi) is 31.6. The molecule has 11 nitrogen and oxygen atoms in total. The second kappa shape index (κ2) is 33.3. The van der Waals surface area contributed by atoms with E-state index in [0.717, 1.165) is 44.9 Å². The minimum Gasteiger partial charge on any atom is -0.454 e. The fraction of sp³-hybridized carbons (Fsp3) is 0.851. The van der Waals surface area contributed by atoms with Crippen LogP contribution in [0.1, 0.15) is 169 Å². The molecule has 13 heteroatoms. The lowest BCUT2D eigenvalue weighted by molar-refractivity contribution is -0.295. The third-order valence-corrected chi connectivity index (χ3v) is 17.5. The number of carbonyl (C=O) groups excluding carboxylic acids is 1. The first kappa shape index (κ1) is 56.8. The summed E-state index contributed by atoms with van der Waals surface area (Å²) in [7, 11) is -4.94. The van der Waals surface area contributed by atoms with E-state index in [1.807, 2.05) is 0 Å². The van der Waals surface area contributed by atoms with Gasteiger partial charge in [-0.05, 0) is 63.1 Å². The second-order valence-corrected chi connectivity index (χ2v) is 24.2. The summed E-state index contributed by atoms with van der Waals surface area (Å²) < 4.78 is 62.6. The van der Waals surface area contributed by atoms with Crippen molar-refractivity contribution in [2.45, 2.75) is 224 Å². The predicted molar refractivity (Wildman–Crippen MR) is 247 cm³/mol. The number of ether oxygens (including phenoxy) is 4. The number of phosphoric acid groups is 1. The van der Waals surface area contributed by atoms with E-state index in [9.17, 15) is 14.5 Å². The molecule has 6 atom stereocenters. The van der Waals surface area contributed by atoms with Gasteiger partial charge in [0.15, 0.2) is 20.7 Å². The Hall–Kier alpha value is -1.18. The highest BCUT2D eigenvalue weighted by atomic mass is 31.2. The Bertz CT molecular complexity index is 1180. The Balaban J connectivity index is 3.12. The molecule has 60 heavy (non-hydrogen) atoms. The zero-order chi connectivity index (χ0) is 44.7. The number of hydrogen-bond acceptors (Lipinski definition) is 11. The number of aliphatic hydroxyl groups is 1. The molecule has 0 aliphatic carbocycles. The van der Waals surface area contributed by atoms with E-state index in [4.69, 9.17) is 36.9 Å². The molecule has 352 valence electrons. The molecule has 0 amide bonds. The standard InChI is InChI=1S/C47H89O11PSi/c1-11-15-17-19-20-21-22-23-24-25-26-27-28-30-32-34-42(48)57-45-44(52-38-35-40(51-8)33-31-29-18-16-12-2)43(58-59(50,53-36-13-3)54-37-14-4)41(56-46(45)49)39-55-60(9,10)47(5,6)7/h13-14,21-22,40-41,43-46,49H,3-4,11-12,15-20,23-39H2,1-2,5-10H3/t40-,41-,43-,44+,45-,46+/m1/s1. The van der Waals surface area contributed by atoms with E-state index in [1.54, 1.807) is 7.11 Å². The van der Waals surface area contributed by atoms with Crippen molar-refractivity contribution >= 4 is 22.1 Å². The summed E-state index contributed by atoms with van der Waals surface area (Å²) in [6.07, 6.45) is 23.6. The van der Waals surface area contributed by atoms with Crippen LogP contribution in [0, 0.1) is 0 Å². The van der Waals surface area contributed by atoms with Crippen LogP contribution in [-0.4, -0.2) is 89.7 Å². The quantitative estimate of drug-likeness (QED) is 0.0209. The first-order valence-corrected chi connectivity index (χ1v) is 27.8. The van der Waals surface area contributed by atoms with Crippen molar-refractivity contribution in [3.05, 3.63) is 37.5 Å². The number of aliphatic hydroxyl groups excluding tert-OH is 1. The molecule has 1 aliphatic rings. The Morgan fingerprint density at radius 2 is 1.32 bits per heavy atom. The third kappa shape index (κ3) is 24.6. The molecule has 0 aromatic carbocycles. The molecule has 1 heterocycles. The Morgan fingerprint density at radius 3 is 1.87 bits per heavy atom. The third-order valence-electron chi connectivity index (χ3n) is 11.6. The van der Waals surface area contributed by atoms with Gasteiger partial charge in [0.05, 0.1) is 25.9 Å². The molecule has 1 saturated heterocycles. The Labute approximate surface area is 367 Å². The van der Waals surface area contributed by atoms with E-state index >= 15 is 0 Å². The van der Waals surface area contributed by atoms with Gasteiger partial charge in [-0.15, -0.1) is 13.2 Å². The van der Waals surface area contributed by atoms with Gasteiger partial charge in [0, 0.05) is 20.1 Å². The predicted octanol–water partition coefficient (Wildman–Crippen LogP) is 12.7. The summed E-state index contributed by atoms with van der Waals surface area (Å²) in [4.78, 5) is 13.4. The van der Waals surface area contributed by atoms with Crippen molar-refractivity contribution in [1.29, 1.82) is 0 Å². The lowest BCUT2D eigenvalue weighted by Gasteiger charge is -2.45. The number of esters is 1. The maximum absolute atomic E-state index is 14.2. The van der Waals surface area contributed by atoms with Gasteiger partial charge < -0.3 is 28.5 Å². The first-order chi connectivity index (χ1) is 28.7. The minimum absolute atomic E-state index is 0.00402. The zero-order valence-corrected chi connectivity index (χ0v) is 41.2. The van der Waals surface area contributed by atoms with Crippen LogP contribution in [0.3, 0.4) is 0 Å². The fourth-order valence-electron chi connectivity index (χ4n) is 6.76. The molecule has 0 aromatic rings. The number of carbonyl (C=O) groups is 1. The molecule has 0 bridgehead atoms. The number of methoxy groups -OCH3 is 1. The van der Waals surface area contributed by atoms with Crippen molar-refractivity contribution in [3.8, 4) is 0 Å². The molecule has 1 rings (SSSR count). The molecule has 0 aromatic heterocycles. The number of rotatable bonds is 38. The van der Waals surface area contributed by atoms with Gasteiger partial charge in [0.1, 0.15) is 18.3 Å². The summed E-state index contributed by atoms with van der Waals surface area (Å²) in [5.41, 5.74) is 0. The van der Waals surface area contributed by atoms with Gasteiger partial charge in [-0.3, -0.25) is 18.4 Å². The van der Waals surface area contributed by atoms with Crippen molar-refractivity contribution in [2.75, 3.05) is 33.5 Å². The van der Waals surface area contributed by atoms with E-state index in [1.165, 1.54) is 82.8 Å². The van der Waals surface area contributed by atoms with Gasteiger partial charge in [0.2, 0.25) is 0 Å². The molecule has 1 N–H and O–H groups in total. The molecular weight excluding hydrogens is 800 g/mol. The summed E-state index contributed by atoms with van der Waals surface area (Å²) in [5.74, 6) is -0.483. The van der Waals surface area contributed by atoms with Crippen LogP contribution in [-0.2, 0) is 46.3 Å². The molecule has 0 unspecified atom stereocenters. The van der Waals surface area contributed by atoms with Gasteiger partial charge in [0.25, 0.3) is 0 Å². The highest BCUT2D eigenvalue weighted by Gasteiger charge is 2.53. The monoisotopic (exact) mass is 889 g/mol. The lowest BCUT2D eigenvalue weighted by Crippen LogP contribution is -2.62. The van der Waals surface area contributed by atoms with Crippen LogP contribution in [0.15, 0.2) is 37.5 Å². The van der Waals surface area contributed by atoms with E-state index in [-0.39, 0.29) is 44.0 Å². The highest BCUT2D eigenvalue weighted by molar-refractivity contribution is 7.48. The van der Waals surface area contributed by atoms with E-state index in [2.05, 4.69) is 73.0 Å². The maximum Gasteiger partial charge on any atom is 0.475 e. The SMILES string of the molecule is C=CCOP(=O)(OCC=C)O[C@H]1[C@H](OCC[C@@H](CCCCCCC)OC)[C@@H](OC(=O)CCCCCCCCCC=CCCCCCC)[C@@H](O)O[C@@H]1CO[Si](C)(C)C(C)(C)C. The summed E-state index contributed by atoms with van der Waals surface area (Å²) in [5, 5.41) is 11.4. The van der Waals surface area contributed by atoms with Crippen molar-refractivity contribution in [3.63, 3.8) is 0 Å². The Morgan fingerprint density at radius 1 is 0.783 bits per heavy atom. The molecule has 1 aliphatic heterocycles. The maximum atomic E-state index is 14.2. The van der Waals surface area contributed by atoms with Crippen molar-refractivity contribution in [1.82, 2.24) is 0 Å². The van der Waals surface area contributed by atoms with Gasteiger partial charge in [-0.1, -0.05) is 142 Å². The van der Waals surface area contributed by atoms with Crippen LogP contribution in [0.4, 0.5) is 0 Å². The molecule has 0 radical (unpaired) electrons. The normalized spacial score (nSPS) is 20.7. The molecule has 0 saturated carbocycles. The number of phosphoric ester groups is 1.